The molecule has 1 aliphatic rings. The first-order chi connectivity index (χ1) is 9.69. The number of ether oxygens (including phenoxy) is 1. The highest BCUT2D eigenvalue weighted by Gasteiger charge is 2.15. The zero-order valence-electron chi connectivity index (χ0n) is 11.6. The van der Waals surface area contributed by atoms with E-state index >= 15 is 0 Å². The van der Waals surface area contributed by atoms with E-state index in [2.05, 4.69) is 15.6 Å². The second-order valence-electron chi connectivity index (χ2n) is 4.82. The molecule has 0 unspecified atom stereocenters. The molecule has 7 heteroatoms. The predicted molar refractivity (Wildman–Crippen MR) is 77.1 cm³/mol. The molecule has 0 saturated carbocycles. The number of rotatable bonds is 6. The molecule has 0 amide bonds. The molecule has 1 saturated heterocycles. The second-order valence-corrected chi connectivity index (χ2v) is 4.82. The fraction of sp³-hybridized carbons (Fsp3) is 0.615. The molecular weight excluding hydrogens is 260 g/mol. The highest BCUT2D eigenvalue weighted by Crippen LogP contribution is 2.22. The minimum absolute atomic E-state index is 0.0467. The molecule has 20 heavy (non-hydrogen) atoms. The summed E-state index contributed by atoms with van der Waals surface area (Å²) in [5, 5.41) is 17.1. The third kappa shape index (κ3) is 4.06. The molecule has 0 bridgehead atoms. The van der Waals surface area contributed by atoms with Gasteiger partial charge in [-0.2, -0.15) is 0 Å². The van der Waals surface area contributed by atoms with Crippen molar-refractivity contribution in [1.29, 1.82) is 0 Å². The van der Waals surface area contributed by atoms with Gasteiger partial charge in [0.05, 0.1) is 17.1 Å². The molecule has 2 N–H and O–H groups in total. The number of hydrogen-bond donors (Lipinski definition) is 2. The Kier molecular flexibility index (Phi) is 5.11. The highest BCUT2D eigenvalue weighted by molar-refractivity contribution is 5.54. The standard InChI is InChI=1S/C13H20N4O3/c1-2-14-12-7-11(17(18)19)8-13(16-12)15-9-10-3-5-20-6-4-10/h7-8,10H,2-6,9H2,1H3,(H2,14,15,16). The lowest BCUT2D eigenvalue weighted by molar-refractivity contribution is -0.384. The Hall–Kier alpha value is -1.89. The van der Waals surface area contributed by atoms with Crippen molar-refractivity contribution in [1.82, 2.24) is 4.98 Å². The molecule has 1 aromatic rings. The normalized spacial score (nSPS) is 15.8. The smallest absolute Gasteiger partial charge is 0.276 e. The van der Waals surface area contributed by atoms with E-state index < -0.39 is 4.92 Å². The van der Waals surface area contributed by atoms with E-state index in [1.807, 2.05) is 6.92 Å². The molecule has 0 spiro atoms. The summed E-state index contributed by atoms with van der Waals surface area (Å²) in [6.45, 7) is 4.95. The first-order valence-electron chi connectivity index (χ1n) is 6.91. The summed E-state index contributed by atoms with van der Waals surface area (Å²) in [6.07, 6.45) is 2.03. The van der Waals surface area contributed by atoms with Crippen LogP contribution in [0, 0.1) is 16.0 Å². The molecule has 1 aromatic heterocycles. The number of nitrogens with one attached hydrogen (secondary N) is 2. The van der Waals surface area contributed by atoms with Crippen LogP contribution in [-0.4, -0.2) is 36.2 Å². The molecule has 7 nitrogen and oxygen atoms in total. The summed E-state index contributed by atoms with van der Waals surface area (Å²) in [4.78, 5) is 14.9. The van der Waals surface area contributed by atoms with Gasteiger partial charge in [-0.05, 0) is 25.7 Å². The number of anilines is 2. The average molecular weight is 280 g/mol. The summed E-state index contributed by atoms with van der Waals surface area (Å²) >= 11 is 0. The maximum Gasteiger partial charge on any atom is 0.276 e. The van der Waals surface area contributed by atoms with E-state index in [1.165, 1.54) is 12.1 Å². The lowest BCUT2D eigenvalue weighted by atomic mass is 10.0. The number of aromatic nitrogens is 1. The Morgan fingerprint density at radius 3 is 2.60 bits per heavy atom. The van der Waals surface area contributed by atoms with Crippen LogP contribution in [0.1, 0.15) is 19.8 Å². The van der Waals surface area contributed by atoms with Crippen LogP contribution in [0.4, 0.5) is 17.3 Å². The number of pyridine rings is 1. The van der Waals surface area contributed by atoms with Crippen molar-refractivity contribution < 1.29 is 9.66 Å². The molecule has 0 atom stereocenters. The topological polar surface area (TPSA) is 89.3 Å². The molecule has 1 fully saturated rings. The Morgan fingerprint density at radius 1 is 1.35 bits per heavy atom. The number of nitrogens with zero attached hydrogens (tertiary/aromatic N) is 2. The van der Waals surface area contributed by atoms with Gasteiger partial charge in [-0.1, -0.05) is 0 Å². The van der Waals surface area contributed by atoms with E-state index in [0.717, 1.165) is 32.6 Å². The summed E-state index contributed by atoms with van der Waals surface area (Å²) in [6, 6.07) is 2.92. The predicted octanol–water partition coefficient (Wildman–Crippen LogP) is 2.26. The van der Waals surface area contributed by atoms with Crippen molar-refractivity contribution in [2.45, 2.75) is 19.8 Å². The summed E-state index contributed by atoms with van der Waals surface area (Å²) in [7, 11) is 0. The van der Waals surface area contributed by atoms with Gasteiger partial charge < -0.3 is 15.4 Å². The van der Waals surface area contributed by atoms with Crippen molar-refractivity contribution in [3.05, 3.63) is 22.2 Å². The van der Waals surface area contributed by atoms with Gasteiger partial charge in [-0.15, -0.1) is 0 Å². The Labute approximate surface area is 117 Å². The minimum atomic E-state index is -0.401. The first-order valence-corrected chi connectivity index (χ1v) is 6.91. The van der Waals surface area contributed by atoms with Crippen molar-refractivity contribution in [3.8, 4) is 0 Å². The van der Waals surface area contributed by atoms with Crippen LogP contribution < -0.4 is 10.6 Å². The molecule has 2 heterocycles. The van der Waals surface area contributed by atoms with Crippen LogP contribution in [0.5, 0.6) is 0 Å². The summed E-state index contributed by atoms with van der Waals surface area (Å²) < 4.78 is 5.31. The zero-order valence-corrected chi connectivity index (χ0v) is 11.6. The third-order valence-electron chi connectivity index (χ3n) is 3.29. The first kappa shape index (κ1) is 14.5. The maximum atomic E-state index is 10.9. The van der Waals surface area contributed by atoms with Crippen molar-refractivity contribution in [2.75, 3.05) is 36.9 Å². The van der Waals surface area contributed by atoms with Crippen LogP contribution in [0.25, 0.3) is 0 Å². The molecule has 0 radical (unpaired) electrons. The van der Waals surface area contributed by atoms with Gasteiger partial charge in [0, 0.05) is 26.3 Å². The van der Waals surface area contributed by atoms with Gasteiger partial charge in [-0.25, -0.2) is 4.98 Å². The molecule has 1 aliphatic heterocycles. The summed E-state index contributed by atoms with van der Waals surface area (Å²) in [5.74, 6) is 1.60. The number of nitro groups is 1. The van der Waals surface area contributed by atoms with E-state index in [0.29, 0.717) is 24.1 Å². The Morgan fingerprint density at radius 2 is 2.00 bits per heavy atom. The van der Waals surface area contributed by atoms with Gasteiger partial charge in [0.2, 0.25) is 0 Å². The lowest BCUT2D eigenvalue weighted by Crippen LogP contribution is -2.23. The zero-order chi connectivity index (χ0) is 14.4. The molecule has 0 aliphatic carbocycles. The van der Waals surface area contributed by atoms with E-state index in [1.54, 1.807) is 0 Å². The van der Waals surface area contributed by atoms with Crippen molar-refractivity contribution in [3.63, 3.8) is 0 Å². The van der Waals surface area contributed by atoms with Crippen LogP contribution in [0.3, 0.4) is 0 Å². The van der Waals surface area contributed by atoms with Crippen LogP contribution in [0.2, 0.25) is 0 Å². The maximum absolute atomic E-state index is 10.9. The van der Waals surface area contributed by atoms with Gasteiger partial charge in [0.1, 0.15) is 11.6 Å². The van der Waals surface area contributed by atoms with Crippen LogP contribution >= 0.6 is 0 Å². The van der Waals surface area contributed by atoms with Gasteiger partial charge in [0.25, 0.3) is 5.69 Å². The van der Waals surface area contributed by atoms with Gasteiger partial charge >= 0.3 is 0 Å². The minimum Gasteiger partial charge on any atom is -0.381 e. The van der Waals surface area contributed by atoms with E-state index in [-0.39, 0.29) is 5.69 Å². The van der Waals surface area contributed by atoms with E-state index in [9.17, 15) is 10.1 Å². The van der Waals surface area contributed by atoms with Gasteiger partial charge in [-0.3, -0.25) is 10.1 Å². The average Bonchev–Trinajstić information content (AvgIpc) is 2.46. The summed E-state index contributed by atoms with van der Waals surface area (Å²) in [5.41, 5.74) is 0.0467. The third-order valence-corrected chi connectivity index (χ3v) is 3.29. The van der Waals surface area contributed by atoms with Crippen molar-refractivity contribution >= 4 is 17.3 Å². The fourth-order valence-electron chi connectivity index (χ4n) is 2.18. The molecule has 110 valence electrons. The largest absolute Gasteiger partial charge is 0.381 e. The number of hydrogen-bond acceptors (Lipinski definition) is 6. The Balaban J connectivity index is 2.03. The van der Waals surface area contributed by atoms with Gasteiger partial charge in [0.15, 0.2) is 0 Å². The van der Waals surface area contributed by atoms with E-state index in [4.69, 9.17) is 4.74 Å². The Bertz CT molecular complexity index is 461. The second kappa shape index (κ2) is 7.04. The monoisotopic (exact) mass is 280 g/mol. The highest BCUT2D eigenvalue weighted by atomic mass is 16.6. The lowest BCUT2D eigenvalue weighted by Gasteiger charge is -2.22. The quantitative estimate of drug-likeness (QED) is 0.613. The molecular formula is C13H20N4O3. The van der Waals surface area contributed by atoms with Crippen molar-refractivity contribution in [2.24, 2.45) is 5.92 Å². The van der Waals surface area contributed by atoms with Crippen LogP contribution in [-0.2, 0) is 4.74 Å². The molecule has 0 aromatic carbocycles. The molecule has 2 rings (SSSR count). The van der Waals surface area contributed by atoms with Crippen LogP contribution in [0.15, 0.2) is 12.1 Å². The fourth-order valence-corrected chi connectivity index (χ4v) is 2.18. The SMILES string of the molecule is CCNc1cc([N+](=O)[O-])cc(NCC2CCOCC2)n1.